The fourth-order valence-electron chi connectivity index (χ4n) is 1.09. The van der Waals surface area contributed by atoms with E-state index in [0.717, 1.165) is 0 Å². The first-order valence-corrected chi connectivity index (χ1v) is 5.39. The van der Waals surface area contributed by atoms with Gasteiger partial charge in [-0.25, -0.2) is 4.79 Å². The van der Waals surface area contributed by atoms with E-state index in [-0.39, 0.29) is 19.5 Å². The minimum Gasteiger partial charge on any atom is -0.481 e. The minimum atomic E-state index is -0.930. The summed E-state index contributed by atoms with van der Waals surface area (Å²) < 4.78 is 5.09. The Morgan fingerprint density at radius 2 is 1.94 bits per heavy atom. The molecule has 0 aromatic heterocycles. The van der Waals surface area contributed by atoms with Gasteiger partial charge in [0, 0.05) is 13.0 Å². The number of amides is 1. The van der Waals surface area contributed by atoms with Crippen molar-refractivity contribution < 1.29 is 24.2 Å². The van der Waals surface area contributed by atoms with Gasteiger partial charge in [-0.3, -0.25) is 4.79 Å². The lowest BCUT2D eigenvalue weighted by Crippen LogP contribution is -2.38. The van der Waals surface area contributed by atoms with Crippen molar-refractivity contribution in [2.45, 2.75) is 39.2 Å². The van der Waals surface area contributed by atoms with Crippen molar-refractivity contribution in [3.05, 3.63) is 0 Å². The molecule has 0 heterocycles. The molecule has 0 radical (unpaired) electrons. The van der Waals surface area contributed by atoms with Crippen molar-refractivity contribution in [2.24, 2.45) is 0 Å². The largest absolute Gasteiger partial charge is 0.481 e. The first kappa shape index (κ1) is 15.4. The van der Waals surface area contributed by atoms with E-state index in [1.165, 1.54) is 4.90 Å². The molecule has 0 bridgehead atoms. The molecule has 0 fully saturated rings. The summed E-state index contributed by atoms with van der Waals surface area (Å²) >= 11 is 0. The van der Waals surface area contributed by atoms with Crippen molar-refractivity contribution in [1.29, 1.82) is 0 Å². The van der Waals surface area contributed by atoms with Gasteiger partial charge in [0.15, 0.2) is 0 Å². The number of hydrogen-bond acceptors (Lipinski definition) is 4. The second-order valence-electron chi connectivity index (χ2n) is 4.59. The summed E-state index contributed by atoms with van der Waals surface area (Å²) in [7, 11) is 0. The molecule has 1 N–H and O–H groups in total. The van der Waals surface area contributed by atoms with Gasteiger partial charge >= 0.3 is 12.1 Å². The van der Waals surface area contributed by atoms with Crippen LogP contribution in [0.25, 0.3) is 0 Å². The Morgan fingerprint density at radius 1 is 1.35 bits per heavy atom. The van der Waals surface area contributed by atoms with E-state index in [2.05, 4.69) is 0 Å². The molecule has 0 aliphatic heterocycles. The fourth-order valence-corrected chi connectivity index (χ4v) is 1.09. The van der Waals surface area contributed by atoms with Crippen LogP contribution in [0.4, 0.5) is 4.79 Å². The molecule has 0 aromatic rings. The number of carbonyl (C=O) groups is 3. The summed E-state index contributed by atoms with van der Waals surface area (Å²) in [5.41, 5.74) is -0.634. The molecule has 0 aliphatic rings. The van der Waals surface area contributed by atoms with E-state index in [1.54, 1.807) is 20.8 Å². The van der Waals surface area contributed by atoms with Crippen LogP contribution in [0.1, 0.15) is 33.6 Å². The molecule has 0 saturated carbocycles. The molecule has 0 atom stereocenters. The van der Waals surface area contributed by atoms with Crippen LogP contribution in [0.15, 0.2) is 0 Å². The zero-order valence-electron chi connectivity index (χ0n) is 10.4. The molecule has 6 heteroatoms. The number of nitrogens with zero attached hydrogens (tertiary/aromatic N) is 1. The second kappa shape index (κ2) is 6.88. The summed E-state index contributed by atoms with van der Waals surface area (Å²) in [4.78, 5) is 33.6. The number of carbonyl (C=O) groups excluding carboxylic acids is 2. The Bertz CT molecular complexity index is 282. The van der Waals surface area contributed by atoms with Crippen LogP contribution in [0.2, 0.25) is 0 Å². The minimum absolute atomic E-state index is 0.0435. The first-order chi connectivity index (χ1) is 7.76. The van der Waals surface area contributed by atoms with Crippen LogP contribution in [0.3, 0.4) is 0 Å². The van der Waals surface area contributed by atoms with E-state index in [1.807, 2.05) is 0 Å². The number of rotatable bonds is 6. The van der Waals surface area contributed by atoms with Crippen molar-refractivity contribution in [3.63, 3.8) is 0 Å². The normalized spacial score (nSPS) is 10.8. The van der Waals surface area contributed by atoms with Gasteiger partial charge in [-0.1, -0.05) is 0 Å². The number of hydrogen-bond donors (Lipinski definition) is 1. The lowest BCUT2D eigenvalue weighted by molar-refractivity contribution is -0.137. The van der Waals surface area contributed by atoms with E-state index in [0.29, 0.717) is 12.7 Å². The predicted molar refractivity (Wildman–Crippen MR) is 60.7 cm³/mol. The Hall–Kier alpha value is -1.59. The van der Waals surface area contributed by atoms with Crippen LogP contribution >= 0.6 is 0 Å². The number of aliphatic carboxylic acids is 1. The summed E-state index contributed by atoms with van der Waals surface area (Å²) in [5.74, 6) is -0.930. The molecule has 0 unspecified atom stereocenters. The van der Waals surface area contributed by atoms with Gasteiger partial charge in [0.1, 0.15) is 11.9 Å². The van der Waals surface area contributed by atoms with Crippen molar-refractivity contribution in [2.75, 3.05) is 13.1 Å². The van der Waals surface area contributed by atoms with Gasteiger partial charge in [-0.15, -0.1) is 0 Å². The molecular formula is C11H19NO5. The molecule has 6 nitrogen and oxygen atoms in total. The zero-order valence-corrected chi connectivity index (χ0v) is 10.4. The topological polar surface area (TPSA) is 83.9 Å². The SMILES string of the molecule is CC(C)(C)OC(=O)N(CC=O)CCCC(=O)O. The summed E-state index contributed by atoms with van der Waals surface area (Å²) in [5, 5.41) is 8.48. The average molecular weight is 245 g/mol. The van der Waals surface area contributed by atoms with Crippen molar-refractivity contribution in [1.82, 2.24) is 4.90 Å². The highest BCUT2D eigenvalue weighted by Crippen LogP contribution is 2.10. The molecular weight excluding hydrogens is 226 g/mol. The molecule has 0 aliphatic carbocycles. The molecule has 1 amide bonds. The number of ether oxygens (including phenoxy) is 1. The summed E-state index contributed by atoms with van der Waals surface area (Å²) in [6.45, 7) is 5.28. The van der Waals surface area contributed by atoms with Crippen LogP contribution in [0, 0.1) is 0 Å². The average Bonchev–Trinajstić information content (AvgIpc) is 2.13. The Morgan fingerprint density at radius 3 is 2.35 bits per heavy atom. The smallest absolute Gasteiger partial charge is 0.410 e. The molecule has 98 valence electrons. The molecule has 0 saturated heterocycles. The fraction of sp³-hybridized carbons (Fsp3) is 0.727. The van der Waals surface area contributed by atoms with Gasteiger partial charge in [0.05, 0.1) is 6.54 Å². The van der Waals surface area contributed by atoms with Crippen LogP contribution in [0.5, 0.6) is 0 Å². The van der Waals surface area contributed by atoms with Crippen LogP contribution in [-0.2, 0) is 14.3 Å². The lowest BCUT2D eigenvalue weighted by atomic mass is 10.2. The Kier molecular flexibility index (Phi) is 6.23. The number of carboxylic acids is 1. The first-order valence-electron chi connectivity index (χ1n) is 5.39. The van der Waals surface area contributed by atoms with Gasteiger partial charge in [0.25, 0.3) is 0 Å². The van der Waals surface area contributed by atoms with Gasteiger partial charge in [-0.2, -0.15) is 0 Å². The van der Waals surface area contributed by atoms with Crippen molar-refractivity contribution in [3.8, 4) is 0 Å². The summed E-state index contributed by atoms with van der Waals surface area (Å²) in [6.07, 6.45) is 0.237. The highest BCUT2D eigenvalue weighted by atomic mass is 16.6. The zero-order chi connectivity index (χ0) is 13.5. The second-order valence-corrected chi connectivity index (χ2v) is 4.59. The maximum Gasteiger partial charge on any atom is 0.410 e. The third kappa shape index (κ3) is 8.24. The van der Waals surface area contributed by atoms with Gasteiger partial charge in [0.2, 0.25) is 0 Å². The molecule has 17 heavy (non-hydrogen) atoms. The molecule has 0 rings (SSSR count). The highest BCUT2D eigenvalue weighted by Gasteiger charge is 2.21. The lowest BCUT2D eigenvalue weighted by Gasteiger charge is -2.25. The van der Waals surface area contributed by atoms with Crippen LogP contribution < -0.4 is 0 Å². The van der Waals surface area contributed by atoms with Gasteiger partial charge in [-0.05, 0) is 27.2 Å². The van der Waals surface area contributed by atoms with Crippen molar-refractivity contribution >= 4 is 18.3 Å². The van der Waals surface area contributed by atoms with E-state index in [9.17, 15) is 14.4 Å². The molecule has 0 spiro atoms. The quantitative estimate of drug-likeness (QED) is 0.713. The predicted octanol–water partition coefficient (Wildman–Crippen LogP) is 1.29. The molecule has 0 aromatic carbocycles. The van der Waals surface area contributed by atoms with E-state index in [4.69, 9.17) is 9.84 Å². The maximum atomic E-state index is 11.6. The summed E-state index contributed by atoms with van der Waals surface area (Å²) in [6, 6.07) is 0. The number of aldehydes is 1. The monoisotopic (exact) mass is 245 g/mol. The Labute approximate surface area is 101 Å². The highest BCUT2D eigenvalue weighted by molar-refractivity contribution is 5.72. The van der Waals surface area contributed by atoms with Crippen LogP contribution in [-0.4, -0.2) is 47.0 Å². The maximum absolute atomic E-state index is 11.6. The standard InChI is InChI=1S/C11H19NO5/c1-11(2,3)17-10(16)12(7-8-13)6-4-5-9(14)15/h8H,4-7H2,1-3H3,(H,14,15). The third-order valence-electron chi connectivity index (χ3n) is 1.77. The van der Waals surface area contributed by atoms with E-state index >= 15 is 0 Å². The van der Waals surface area contributed by atoms with E-state index < -0.39 is 17.7 Å². The Balaban J connectivity index is 4.25. The third-order valence-corrected chi connectivity index (χ3v) is 1.77. The van der Waals surface area contributed by atoms with Gasteiger partial charge < -0.3 is 19.5 Å². The number of carboxylic acid groups (broad SMARTS) is 1.